The number of carboxylic acid groups (broad SMARTS) is 3. The lowest BCUT2D eigenvalue weighted by Crippen LogP contribution is -2.68. The molecule has 0 aromatic heterocycles. The molecule has 0 aliphatic heterocycles. The number of aliphatic carboxylic acids is 3. The molecule has 0 radical (unpaired) electrons. The summed E-state index contributed by atoms with van der Waals surface area (Å²) in [6, 6.07) is -2.34. The molecule has 2 amide bonds. The molecular formula is C30H47N3O9S-2. The minimum absolute atomic E-state index is 0.0761. The Hall–Kier alpha value is -3.16. The second kappa shape index (κ2) is 25.3. The first-order valence-electron chi connectivity index (χ1n) is 14.8. The fraction of sp³-hybridized carbons (Fsp3) is 0.633. The van der Waals surface area contributed by atoms with E-state index in [-0.39, 0.29) is 37.9 Å². The van der Waals surface area contributed by atoms with Crippen molar-refractivity contribution in [1.82, 2.24) is 10.6 Å². The SMILES string of the molecule is CCCCCCCC\C=C/C=C/C=C/[C@@H](SC[C@H](NC(=O)CC[C@H]([NH3+])C(=O)[O-])C(=O)NCC(=O)[O-])[C@@H](O)CCCC(=O)[O-]. The van der Waals surface area contributed by atoms with Gasteiger partial charge in [-0.05, 0) is 32.1 Å². The fourth-order valence-electron chi connectivity index (χ4n) is 3.80. The van der Waals surface area contributed by atoms with Crippen LogP contribution in [0, 0.1) is 0 Å². The molecule has 0 bridgehead atoms. The summed E-state index contributed by atoms with van der Waals surface area (Å²) >= 11 is 1.11. The fourth-order valence-corrected chi connectivity index (χ4v) is 5.01. The molecule has 0 saturated heterocycles. The molecular weight excluding hydrogens is 578 g/mol. The average Bonchev–Trinajstić information content (AvgIpc) is 2.95. The van der Waals surface area contributed by atoms with Gasteiger partial charge in [0.1, 0.15) is 12.1 Å². The van der Waals surface area contributed by atoms with Gasteiger partial charge in [-0.3, -0.25) is 9.59 Å². The summed E-state index contributed by atoms with van der Waals surface area (Å²) in [4.78, 5) is 57.5. The molecule has 6 N–H and O–H groups in total. The van der Waals surface area contributed by atoms with Crippen LogP contribution in [-0.4, -0.2) is 70.6 Å². The quantitative estimate of drug-likeness (QED) is 0.0628. The van der Waals surface area contributed by atoms with E-state index in [1.807, 2.05) is 12.2 Å². The molecule has 43 heavy (non-hydrogen) atoms. The molecule has 13 heteroatoms. The Bertz CT molecular complexity index is 940. The van der Waals surface area contributed by atoms with Gasteiger partial charge in [0.25, 0.3) is 0 Å². The molecule has 0 saturated carbocycles. The summed E-state index contributed by atoms with van der Waals surface area (Å²) in [5.41, 5.74) is 3.38. The van der Waals surface area contributed by atoms with Crippen molar-refractivity contribution in [2.45, 2.75) is 107 Å². The highest BCUT2D eigenvalue weighted by Crippen LogP contribution is 2.22. The Morgan fingerprint density at radius 3 is 2.19 bits per heavy atom. The Labute approximate surface area is 258 Å². The number of allylic oxidation sites excluding steroid dienone is 5. The lowest BCUT2D eigenvalue weighted by atomic mass is 10.1. The van der Waals surface area contributed by atoms with Crippen LogP contribution in [0.25, 0.3) is 0 Å². The van der Waals surface area contributed by atoms with Gasteiger partial charge in [0.05, 0.1) is 24.6 Å². The number of amides is 2. The molecule has 244 valence electrons. The van der Waals surface area contributed by atoms with Crippen LogP contribution < -0.4 is 31.7 Å². The van der Waals surface area contributed by atoms with Crippen molar-refractivity contribution < 1.29 is 50.1 Å². The number of nitrogens with one attached hydrogen (secondary N) is 2. The summed E-state index contributed by atoms with van der Waals surface area (Å²) in [5.74, 6) is -5.72. The Balaban J connectivity index is 5.31. The van der Waals surface area contributed by atoms with E-state index < -0.39 is 59.7 Å². The standard InChI is InChI=1S/C30H49N3O9S/c1-2-3-4-5-6-7-8-9-10-11-12-13-16-25(24(34)15-14-17-27(36)37)43-21-23(29(40)32-20-28(38)39)33-26(35)19-18-22(31)30(41)42/h9-13,16,22-25,34H,2-8,14-15,17-21,31H2,1H3,(H,32,40)(H,33,35)(H,36,37)(H,38,39)(H,41,42)/p-2/b10-9-,12-11+,16-13+/t22-,23-,24-,25+/m0/s1. The molecule has 0 aromatic carbocycles. The van der Waals surface area contributed by atoms with Crippen molar-refractivity contribution in [2.75, 3.05) is 12.3 Å². The first-order chi connectivity index (χ1) is 20.5. The van der Waals surface area contributed by atoms with E-state index in [2.05, 4.69) is 29.4 Å². The average molecular weight is 626 g/mol. The molecule has 0 fully saturated rings. The van der Waals surface area contributed by atoms with E-state index in [9.17, 15) is 44.4 Å². The van der Waals surface area contributed by atoms with Crippen LogP contribution in [0.3, 0.4) is 0 Å². The smallest absolute Gasteiger partial charge is 0.243 e. The van der Waals surface area contributed by atoms with Gasteiger partial charge in [-0.25, -0.2) is 0 Å². The molecule has 0 aromatic rings. The van der Waals surface area contributed by atoms with Gasteiger partial charge in [-0.1, -0.05) is 75.5 Å². The Kier molecular flexibility index (Phi) is 23.5. The summed E-state index contributed by atoms with van der Waals surface area (Å²) < 4.78 is 0. The first kappa shape index (κ1) is 39.8. The summed E-state index contributed by atoms with van der Waals surface area (Å²) in [6.07, 6.45) is 18.0. The predicted octanol–water partition coefficient (Wildman–Crippen LogP) is -1.72. The molecule has 0 rings (SSSR count). The van der Waals surface area contributed by atoms with Crippen molar-refractivity contribution >= 4 is 41.5 Å². The van der Waals surface area contributed by atoms with E-state index in [1.54, 1.807) is 18.2 Å². The third kappa shape index (κ3) is 23.0. The van der Waals surface area contributed by atoms with Gasteiger partial charge in [-0.2, -0.15) is 0 Å². The van der Waals surface area contributed by atoms with Gasteiger partial charge in [0.15, 0.2) is 0 Å². The third-order valence-electron chi connectivity index (χ3n) is 6.32. The minimum Gasteiger partial charge on any atom is -0.550 e. The lowest BCUT2D eigenvalue weighted by molar-refractivity contribution is -0.438. The zero-order valence-corrected chi connectivity index (χ0v) is 25.8. The number of rotatable bonds is 26. The summed E-state index contributed by atoms with van der Waals surface area (Å²) in [5, 5.41) is 47.2. The van der Waals surface area contributed by atoms with Crippen molar-refractivity contribution in [3.8, 4) is 0 Å². The van der Waals surface area contributed by atoms with Crippen LogP contribution >= 0.6 is 11.8 Å². The molecule has 0 unspecified atom stereocenters. The molecule has 0 heterocycles. The number of carbonyl (C=O) groups excluding carboxylic acids is 5. The summed E-state index contributed by atoms with van der Waals surface area (Å²) in [7, 11) is 0. The minimum atomic E-state index is -1.53. The maximum Gasteiger partial charge on any atom is 0.243 e. The Morgan fingerprint density at radius 1 is 0.860 bits per heavy atom. The highest BCUT2D eigenvalue weighted by molar-refractivity contribution is 8.00. The van der Waals surface area contributed by atoms with Gasteiger partial charge < -0.3 is 51.2 Å². The molecule has 0 spiro atoms. The number of hydrogen-bond acceptors (Lipinski definition) is 10. The number of quaternary nitrogens is 1. The number of carboxylic acids is 3. The summed E-state index contributed by atoms with van der Waals surface area (Å²) in [6.45, 7) is 1.40. The van der Waals surface area contributed by atoms with E-state index in [4.69, 9.17) is 0 Å². The highest BCUT2D eigenvalue weighted by Gasteiger charge is 2.25. The number of thioether (sulfide) groups is 1. The Morgan fingerprint density at radius 2 is 1.53 bits per heavy atom. The van der Waals surface area contributed by atoms with Gasteiger partial charge >= 0.3 is 0 Å². The van der Waals surface area contributed by atoms with Crippen LogP contribution in [0.2, 0.25) is 0 Å². The van der Waals surface area contributed by atoms with E-state index in [0.717, 1.165) is 24.6 Å². The number of carbonyl (C=O) groups is 5. The highest BCUT2D eigenvalue weighted by atomic mass is 32.2. The number of aliphatic hydroxyl groups excluding tert-OH is 1. The zero-order valence-electron chi connectivity index (χ0n) is 25.0. The van der Waals surface area contributed by atoms with Crippen LogP contribution in [0.1, 0.15) is 84.0 Å². The van der Waals surface area contributed by atoms with E-state index in [1.165, 1.54) is 32.1 Å². The lowest BCUT2D eigenvalue weighted by Gasteiger charge is -2.24. The first-order valence-corrected chi connectivity index (χ1v) is 15.8. The molecule has 0 aliphatic rings. The zero-order chi connectivity index (χ0) is 32.5. The number of aliphatic hydroxyl groups is 1. The largest absolute Gasteiger partial charge is 0.550 e. The molecule has 4 atom stereocenters. The maximum atomic E-state index is 12.6. The predicted molar refractivity (Wildman–Crippen MR) is 157 cm³/mol. The molecule has 0 aliphatic carbocycles. The molecule has 12 nitrogen and oxygen atoms in total. The normalized spacial score (nSPS) is 14.5. The van der Waals surface area contributed by atoms with Gasteiger partial charge in [-0.15, -0.1) is 11.8 Å². The van der Waals surface area contributed by atoms with Crippen molar-refractivity contribution in [1.29, 1.82) is 0 Å². The second-order valence-corrected chi connectivity index (χ2v) is 11.4. The monoisotopic (exact) mass is 625 g/mol. The van der Waals surface area contributed by atoms with Crippen molar-refractivity contribution in [2.24, 2.45) is 0 Å². The van der Waals surface area contributed by atoms with Gasteiger partial charge in [0.2, 0.25) is 11.8 Å². The van der Waals surface area contributed by atoms with E-state index >= 15 is 0 Å². The third-order valence-corrected chi connectivity index (χ3v) is 7.70. The van der Waals surface area contributed by atoms with Crippen molar-refractivity contribution in [3.63, 3.8) is 0 Å². The van der Waals surface area contributed by atoms with Gasteiger partial charge in [0, 0.05) is 29.8 Å². The maximum absolute atomic E-state index is 12.6. The van der Waals surface area contributed by atoms with Crippen LogP contribution in [0.15, 0.2) is 36.5 Å². The second-order valence-electron chi connectivity index (χ2n) is 10.1. The topological polar surface area (TPSA) is 226 Å². The number of hydrogen-bond donors (Lipinski definition) is 4. The van der Waals surface area contributed by atoms with E-state index in [0.29, 0.717) is 0 Å². The van der Waals surface area contributed by atoms with Crippen molar-refractivity contribution in [3.05, 3.63) is 36.5 Å². The number of unbranched alkanes of at least 4 members (excludes halogenated alkanes) is 6. The van der Waals surface area contributed by atoms with Crippen LogP contribution in [0.4, 0.5) is 0 Å². The van der Waals surface area contributed by atoms with Crippen LogP contribution in [0.5, 0.6) is 0 Å². The van der Waals surface area contributed by atoms with Crippen LogP contribution in [-0.2, 0) is 24.0 Å².